The summed E-state index contributed by atoms with van der Waals surface area (Å²) in [6.07, 6.45) is -0.447. The molecule has 4 rings (SSSR count). The summed E-state index contributed by atoms with van der Waals surface area (Å²) in [7, 11) is -3.31. The van der Waals surface area contributed by atoms with Crippen molar-refractivity contribution in [2.45, 2.75) is 50.2 Å². The monoisotopic (exact) mass is 584 g/mol. The van der Waals surface area contributed by atoms with Crippen LogP contribution in [0.1, 0.15) is 24.5 Å². The van der Waals surface area contributed by atoms with Crippen LogP contribution in [0.2, 0.25) is 18.6 Å². The van der Waals surface area contributed by atoms with Crippen LogP contribution in [0.3, 0.4) is 0 Å². The van der Waals surface area contributed by atoms with Gasteiger partial charge < -0.3 is 18.9 Å². The van der Waals surface area contributed by atoms with Crippen LogP contribution >= 0.6 is 22.6 Å². The number of hydrogen-bond acceptors (Lipinski definition) is 5. The van der Waals surface area contributed by atoms with Gasteiger partial charge in [-0.3, -0.25) is 14.9 Å². The Hall–Kier alpha value is -1.89. The molecule has 0 unspecified atom stereocenters. The standard InChI is InChI=1S/C23H26FIN2O5Si/c1-14-21(33(2,3)24)20(10-11-28)32-23(14)18-12-17(27(30)31)8-9-19(18)26(22(23)29)13-15-4-6-16(25)7-5-15/h4-9,12,14,20-21,28H,10-11,13H2,1-3H3/t14-,20+,21-,23+/m1/s1. The SMILES string of the molecule is C[C@@H]1[C@@H]([Si](C)(C)F)[C@H](CCO)O[C@@]12C(=O)N(Cc1ccc(I)cc1)c1ccc([N+](=O)[O-])cc12. The predicted octanol–water partition coefficient (Wildman–Crippen LogP) is 4.90. The topological polar surface area (TPSA) is 92.9 Å². The smallest absolute Gasteiger partial charge is 0.269 e. The third-order valence-corrected chi connectivity index (χ3v) is 10.00. The van der Waals surface area contributed by atoms with Crippen molar-refractivity contribution in [3.05, 3.63) is 67.3 Å². The van der Waals surface area contributed by atoms with Gasteiger partial charge in [0.15, 0.2) is 5.60 Å². The van der Waals surface area contributed by atoms with Crippen LogP contribution < -0.4 is 4.90 Å². The first-order valence-corrected chi connectivity index (χ1v) is 14.9. The van der Waals surface area contributed by atoms with E-state index in [1.807, 2.05) is 24.3 Å². The molecule has 4 atom stereocenters. The molecule has 1 fully saturated rings. The Morgan fingerprint density at radius 1 is 1.27 bits per heavy atom. The summed E-state index contributed by atoms with van der Waals surface area (Å²) in [5.41, 5.74) is -0.364. The minimum absolute atomic E-state index is 0.147. The number of aliphatic hydroxyl groups is 1. The lowest BCUT2D eigenvalue weighted by molar-refractivity contribution is -0.385. The van der Waals surface area contributed by atoms with Gasteiger partial charge in [0.05, 0.1) is 23.3 Å². The highest BCUT2D eigenvalue weighted by molar-refractivity contribution is 14.1. The Kier molecular flexibility index (Phi) is 6.40. The Balaban J connectivity index is 1.86. The summed E-state index contributed by atoms with van der Waals surface area (Å²) in [4.78, 5) is 26.7. The van der Waals surface area contributed by atoms with E-state index in [2.05, 4.69) is 22.6 Å². The Morgan fingerprint density at radius 3 is 2.52 bits per heavy atom. The number of ether oxygens (including phenoxy) is 1. The number of nitrogens with zero attached hydrogens (tertiary/aromatic N) is 2. The second kappa shape index (κ2) is 8.71. The molecule has 2 aliphatic rings. The van der Waals surface area contributed by atoms with Crippen molar-refractivity contribution in [1.29, 1.82) is 0 Å². The third kappa shape index (κ3) is 4.00. The van der Waals surface area contributed by atoms with Crippen molar-refractivity contribution >= 4 is 48.3 Å². The fraction of sp³-hybridized carbons (Fsp3) is 0.435. The highest BCUT2D eigenvalue weighted by atomic mass is 127. The lowest BCUT2D eigenvalue weighted by atomic mass is 9.82. The number of fused-ring (bicyclic) bond motifs is 2. The first kappa shape index (κ1) is 24.2. The first-order chi connectivity index (χ1) is 15.5. The molecule has 7 nitrogen and oxygen atoms in total. The lowest BCUT2D eigenvalue weighted by Gasteiger charge is -2.31. The molecule has 2 aromatic rings. The highest BCUT2D eigenvalue weighted by Crippen LogP contribution is 2.60. The van der Waals surface area contributed by atoms with E-state index in [0.29, 0.717) is 11.3 Å². The van der Waals surface area contributed by atoms with E-state index in [4.69, 9.17) is 4.74 Å². The van der Waals surface area contributed by atoms with Crippen molar-refractivity contribution in [1.82, 2.24) is 0 Å². The minimum atomic E-state index is -3.31. The minimum Gasteiger partial charge on any atom is -0.396 e. The molecule has 0 radical (unpaired) electrons. The summed E-state index contributed by atoms with van der Waals surface area (Å²) in [6.45, 7) is 5.03. The van der Waals surface area contributed by atoms with Crippen LogP contribution in [0.15, 0.2) is 42.5 Å². The van der Waals surface area contributed by atoms with E-state index >= 15 is 4.11 Å². The number of amides is 1. The quantitative estimate of drug-likeness (QED) is 0.171. The van der Waals surface area contributed by atoms with E-state index in [1.54, 1.807) is 31.0 Å². The number of nitro groups is 1. The van der Waals surface area contributed by atoms with E-state index in [9.17, 15) is 20.0 Å². The number of benzene rings is 2. The first-order valence-electron chi connectivity index (χ1n) is 10.8. The number of rotatable bonds is 6. The summed E-state index contributed by atoms with van der Waals surface area (Å²) >= 11 is 2.21. The Labute approximate surface area is 206 Å². The van der Waals surface area contributed by atoms with Gasteiger partial charge in [0.2, 0.25) is 8.41 Å². The molecule has 2 aliphatic heterocycles. The molecule has 0 bridgehead atoms. The van der Waals surface area contributed by atoms with Gasteiger partial charge >= 0.3 is 0 Å². The maximum atomic E-state index is 15.5. The largest absolute Gasteiger partial charge is 0.396 e. The van der Waals surface area contributed by atoms with Crippen LogP contribution in [-0.4, -0.2) is 37.1 Å². The van der Waals surface area contributed by atoms with E-state index in [0.717, 1.165) is 9.13 Å². The molecule has 2 aromatic carbocycles. The van der Waals surface area contributed by atoms with E-state index in [1.165, 1.54) is 12.1 Å². The molecular formula is C23H26FIN2O5Si. The molecule has 1 spiro atoms. The predicted molar refractivity (Wildman–Crippen MR) is 133 cm³/mol. The van der Waals surface area contributed by atoms with E-state index < -0.39 is 36.5 Å². The number of hydrogen-bond donors (Lipinski definition) is 1. The average molecular weight is 584 g/mol. The van der Waals surface area contributed by atoms with Gasteiger partial charge in [-0.2, -0.15) is 0 Å². The Bertz CT molecular complexity index is 1090. The van der Waals surface area contributed by atoms with E-state index in [-0.39, 0.29) is 31.2 Å². The normalized spacial score (nSPS) is 26.8. The second-order valence-electron chi connectivity index (χ2n) is 9.26. The van der Waals surface area contributed by atoms with Gasteiger partial charge in [0.1, 0.15) is 0 Å². The number of non-ortho nitro benzene ring substituents is 1. The number of carbonyl (C=O) groups is 1. The molecule has 1 amide bonds. The number of anilines is 1. The molecule has 1 N–H and O–H groups in total. The molecule has 0 aliphatic carbocycles. The fourth-order valence-corrected chi connectivity index (χ4v) is 8.38. The maximum absolute atomic E-state index is 15.5. The summed E-state index contributed by atoms with van der Waals surface area (Å²) in [5, 5.41) is 21.1. The fourth-order valence-electron chi connectivity index (χ4n) is 5.48. The number of nitro benzene ring substituents is 1. The van der Waals surface area contributed by atoms with Gasteiger partial charge in [-0.15, -0.1) is 0 Å². The number of aliphatic hydroxyl groups excluding tert-OH is 1. The van der Waals surface area contributed by atoms with Crippen LogP contribution in [0.25, 0.3) is 0 Å². The van der Waals surface area contributed by atoms with Gasteiger partial charge in [-0.05, 0) is 65.9 Å². The average Bonchev–Trinajstić information content (AvgIpc) is 3.17. The zero-order valence-electron chi connectivity index (χ0n) is 18.6. The molecule has 0 aromatic heterocycles. The number of carbonyl (C=O) groups excluding carboxylic acids is 1. The summed E-state index contributed by atoms with van der Waals surface area (Å²) in [6, 6.07) is 12.1. The zero-order chi connectivity index (χ0) is 24.1. The van der Waals surface area contributed by atoms with Crippen molar-refractivity contribution in [3.8, 4) is 0 Å². The molecule has 33 heavy (non-hydrogen) atoms. The number of halogens is 2. The van der Waals surface area contributed by atoms with Crippen LogP contribution in [0, 0.1) is 19.6 Å². The van der Waals surface area contributed by atoms with Crippen molar-refractivity contribution in [2.75, 3.05) is 11.5 Å². The zero-order valence-corrected chi connectivity index (χ0v) is 21.8. The molecule has 0 saturated carbocycles. The van der Waals surface area contributed by atoms with Gasteiger partial charge in [-0.1, -0.05) is 19.1 Å². The van der Waals surface area contributed by atoms with Crippen molar-refractivity contribution < 1.29 is 23.7 Å². The summed E-state index contributed by atoms with van der Waals surface area (Å²) in [5.74, 6) is -0.886. The molecule has 2 heterocycles. The molecular weight excluding hydrogens is 558 g/mol. The van der Waals surface area contributed by atoms with Crippen molar-refractivity contribution in [2.24, 2.45) is 5.92 Å². The molecule has 176 valence electrons. The summed E-state index contributed by atoms with van der Waals surface area (Å²) < 4.78 is 22.9. The second-order valence-corrected chi connectivity index (χ2v) is 14.3. The molecule has 10 heteroatoms. The van der Waals surface area contributed by atoms with Gasteiger partial charge in [0.25, 0.3) is 11.6 Å². The maximum Gasteiger partial charge on any atom is 0.269 e. The Morgan fingerprint density at radius 2 is 1.94 bits per heavy atom. The van der Waals surface area contributed by atoms with Crippen molar-refractivity contribution in [3.63, 3.8) is 0 Å². The van der Waals surface area contributed by atoms with Crippen LogP contribution in [0.4, 0.5) is 15.5 Å². The van der Waals surface area contributed by atoms with Crippen LogP contribution in [-0.2, 0) is 21.7 Å². The van der Waals surface area contributed by atoms with Crippen LogP contribution in [0.5, 0.6) is 0 Å². The third-order valence-electron chi connectivity index (χ3n) is 6.82. The lowest BCUT2D eigenvalue weighted by Crippen LogP contribution is -2.45. The molecule has 1 saturated heterocycles. The van der Waals surface area contributed by atoms with Gasteiger partial charge in [-0.25, -0.2) is 0 Å². The highest BCUT2D eigenvalue weighted by Gasteiger charge is 2.66. The van der Waals surface area contributed by atoms with Gasteiger partial charge in [0, 0.05) is 39.3 Å².